The molecule has 0 N–H and O–H groups in total. The van der Waals surface area contributed by atoms with E-state index in [-0.39, 0.29) is 0 Å². The third kappa shape index (κ3) is 6.75. The first-order chi connectivity index (χ1) is 37.2. The predicted octanol–water partition coefficient (Wildman–Crippen LogP) is 18.0. The highest BCUT2D eigenvalue weighted by Crippen LogP contribution is 2.58. The molecular formula is C70H43N3O2. The largest absolute Gasteiger partial charge is 0.456 e. The van der Waals surface area contributed by atoms with Gasteiger partial charge in [-0.05, 0) is 109 Å². The lowest BCUT2D eigenvalue weighted by atomic mass is 9.67. The van der Waals surface area contributed by atoms with Crippen molar-refractivity contribution in [2.45, 2.75) is 5.41 Å². The summed E-state index contributed by atoms with van der Waals surface area (Å²) in [5, 5.41) is 3.89. The minimum Gasteiger partial charge on any atom is -0.456 e. The molecule has 1 aliphatic carbocycles. The highest BCUT2D eigenvalue weighted by Gasteiger charge is 2.46. The Hall–Kier alpha value is -9.97. The van der Waals surface area contributed by atoms with E-state index in [0.29, 0.717) is 17.5 Å². The molecule has 0 aliphatic heterocycles. The van der Waals surface area contributed by atoms with E-state index in [9.17, 15) is 0 Å². The van der Waals surface area contributed by atoms with Crippen molar-refractivity contribution in [3.05, 3.63) is 283 Å². The van der Waals surface area contributed by atoms with Gasteiger partial charge in [-0.3, -0.25) is 0 Å². The van der Waals surface area contributed by atoms with Gasteiger partial charge in [-0.2, -0.15) is 0 Å². The first kappa shape index (κ1) is 42.7. The maximum absolute atomic E-state index is 6.68. The number of fused-ring (bicyclic) bond motifs is 9. The van der Waals surface area contributed by atoms with E-state index in [1.54, 1.807) is 0 Å². The second-order valence-corrected chi connectivity index (χ2v) is 19.4. The molecule has 5 heteroatoms. The number of rotatable bonds is 8. The number of para-hydroxylation sites is 1. The van der Waals surface area contributed by atoms with Gasteiger partial charge in [-0.15, -0.1) is 0 Å². The van der Waals surface area contributed by atoms with Crippen molar-refractivity contribution < 1.29 is 8.83 Å². The molecule has 0 radical (unpaired) electrons. The number of benzene rings is 11. The van der Waals surface area contributed by atoms with Gasteiger partial charge in [0, 0.05) is 38.2 Å². The number of hydrogen-bond acceptors (Lipinski definition) is 5. The van der Waals surface area contributed by atoms with Crippen LogP contribution in [0.2, 0.25) is 0 Å². The first-order valence-electron chi connectivity index (χ1n) is 25.4. The average molecular weight is 958 g/mol. The summed E-state index contributed by atoms with van der Waals surface area (Å²) in [5.41, 5.74) is 19.5. The van der Waals surface area contributed by atoms with Gasteiger partial charge in [-0.25, -0.2) is 15.0 Å². The zero-order chi connectivity index (χ0) is 49.5. The zero-order valence-corrected chi connectivity index (χ0v) is 40.5. The molecule has 3 heterocycles. The smallest absolute Gasteiger partial charge is 0.164 e. The van der Waals surface area contributed by atoms with Crippen molar-refractivity contribution in [2.24, 2.45) is 0 Å². The van der Waals surface area contributed by atoms with Crippen LogP contribution in [0.4, 0.5) is 0 Å². The molecule has 5 nitrogen and oxygen atoms in total. The molecule has 11 aromatic carbocycles. The molecule has 15 rings (SSSR count). The summed E-state index contributed by atoms with van der Waals surface area (Å²) in [6.45, 7) is 0. The molecule has 0 saturated heterocycles. The fraction of sp³-hybridized carbons (Fsp3) is 0.0143. The normalized spacial score (nSPS) is 12.6. The summed E-state index contributed by atoms with van der Waals surface area (Å²) in [4.78, 5) is 16.0. The van der Waals surface area contributed by atoms with E-state index in [2.05, 4.69) is 212 Å². The molecule has 0 fully saturated rings. The summed E-state index contributed by atoms with van der Waals surface area (Å²) >= 11 is 0. The van der Waals surface area contributed by atoms with Crippen LogP contribution in [0.3, 0.4) is 0 Å². The standard InChI is InChI=1S/C70H43N3O2/c1-4-19-44(20-5-1)45-21-15-24-49(42-45)67-71-68(55-32-17-37-62-65(55)54-30-11-13-36-60(54)74-62)73-69(72-67)56-33-18-38-63-66(56)57-43-47(39-40-61(57)75-63)46-22-14-23-48(41-46)52-31-16-35-59-64(52)53-29-10-12-34-58(53)70(59,50-25-6-2-7-26-50)51-27-8-3-9-28-51/h1-43H. The molecule has 0 spiro atoms. The van der Waals surface area contributed by atoms with Gasteiger partial charge in [0.1, 0.15) is 22.3 Å². The molecule has 0 saturated carbocycles. The second kappa shape index (κ2) is 17.1. The van der Waals surface area contributed by atoms with E-state index < -0.39 is 5.41 Å². The Morgan fingerprint density at radius 3 is 1.44 bits per heavy atom. The maximum Gasteiger partial charge on any atom is 0.164 e. The van der Waals surface area contributed by atoms with Crippen molar-refractivity contribution in [2.75, 3.05) is 0 Å². The Bertz CT molecular complexity index is 4500. The minimum atomic E-state index is -0.486. The zero-order valence-electron chi connectivity index (χ0n) is 40.5. The van der Waals surface area contributed by atoms with Crippen LogP contribution in [-0.2, 0) is 5.41 Å². The van der Waals surface area contributed by atoms with Crippen molar-refractivity contribution >= 4 is 43.9 Å². The highest BCUT2D eigenvalue weighted by atomic mass is 16.3. The summed E-state index contributed by atoms with van der Waals surface area (Å²) in [7, 11) is 0. The van der Waals surface area contributed by atoms with Crippen LogP contribution in [0.5, 0.6) is 0 Å². The summed E-state index contributed by atoms with van der Waals surface area (Å²) in [6.07, 6.45) is 0. The van der Waals surface area contributed by atoms with Crippen LogP contribution in [0.1, 0.15) is 22.3 Å². The molecular weight excluding hydrogens is 915 g/mol. The number of aromatic nitrogens is 3. The highest BCUT2D eigenvalue weighted by molar-refractivity contribution is 6.14. The van der Waals surface area contributed by atoms with Crippen molar-refractivity contribution in [3.63, 3.8) is 0 Å². The Balaban J connectivity index is 0.893. The van der Waals surface area contributed by atoms with Gasteiger partial charge in [0.2, 0.25) is 0 Å². The molecule has 0 bridgehead atoms. The average Bonchev–Trinajstić information content (AvgIpc) is 4.18. The van der Waals surface area contributed by atoms with Crippen LogP contribution in [0, 0.1) is 0 Å². The summed E-state index contributed by atoms with van der Waals surface area (Å²) in [6, 6.07) is 92.4. The predicted molar refractivity (Wildman–Crippen MR) is 304 cm³/mol. The summed E-state index contributed by atoms with van der Waals surface area (Å²) in [5.74, 6) is 1.67. The molecule has 1 aliphatic rings. The fourth-order valence-corrected chi connectivity index (χ4v) is 12.0. The van der Waals surface area contributed by atoms with Gasteiger partial charge < -0.3 is 8.83 Å². The Morgan fingerprint density at radius 2 is 0.720 bits per heavy atom. The first-order valence-corrected chi connectivity index (χ1v) is 25.4. The van der Waals surface area contributed by atoms with Gasteiger partial charge in [0.15, 0.2) is 17.5 Å². The van der Waals surface area contributed by atoms with Crippen molar-refractivity contribution in [1.82, 2.24) is 15.0 Å². The Labute approximate surface area is 432 Å². The van der Waals surface area contributed by atoms with E-state index >= 15 is 0 Å². The van der Waals surface area contributed by atoms with Crippen LogP contribution in [0.25, 0.3) is 123 Å². The van der Waals surface area contributed by atoms with Crippen LogP contribution < -0.4 is 0 Å². The monoisotopic (exact) mass is 957 g/mol. The third-order valence-electron chi connectivity index (χ3n) is 15.2. The quantitative estimate of drug-likeness (QED) is 0.152. The van der Waals surface area contributed by atoms with E-state index in [0.717, 1.165) is 88.4 Å². The number of hydrogen-bond donors (Lipinski definition) is 0. The van der Waals surface area contributed by atoms with Crippen molar-refractivity contribution in [1.29, 1.82) is 0 Å². The molecule has 0 amide bonds. The van der Waals surface area contributed by atoms with Gasteiger partial charge >= 0.3 is 0 Å². The SMILES string of the molecule is c1ccc(-c2cccc(-c3nc(-c4cccc5oc6ccccc6c45)nc(-c4cccc5oc6ccc(-c7cccc(-c8cccc9c8-c8ccccc8C9(c8ccccc8)c8ccccc8)c7)cc6c45)n3)c2)cc1. The maximum atomic E-state index is 6.68. The van der Waals surface area contributed by atoms with Gasteiger partial charge in [0.25, 0.3) is 0 Å². The van der Waals surface area contributed by atoms with Crippen LogP contribution >= 0.6 is 0 Å². The van der Waals surface area contributed by atoms with Gasteiger partial charge in [-0.1, -0.05) is 218 Å². The fourth-order valence-electron chi connectivity index (χ4n) is 12.0. The number of nitrogens with zero attached hydrogens (tertiary/aromatic N) is 3. The van der Waals surface area contributed by atoms with E-state index in [1.165, 1.54) is 38.9 Å². The Kier molecular flexibility index (Phi) is 9.72. The summed E-state index contributed by atoms with van der Waals surface area (Å²) < 4.78 is 13.1. The molecule has 75 heavy (non-hydrogen) atoms. The molecule has 14 aromatic rings. The lowest BCUT2D eigenvalue weighted by Crippen LogP contribution is -2.28. The van der Waals surface area contributed by atoms with Crippen molar-refractivity contribution in [3.8, 4) is 78.7 Å². The van der Waals surface area contributed by atoms with E-state index in [1.807, 2.05) is 48.5 Å². The molecule has 3 aromatic heterocycles. The third-order valence-corrected chi connectivity index (χ3v) is 15.2. The topological polar surface area (TPSA) is 65.0 Å². The molecule has 0 unspecified atom stereocenters. The van der Waals surface area contributed by atoms with E-state index in [4.69, 9.17) is 23.8 Å². The van der Waals surface area contributed by atoms with Crippen LogP contribution in [-0.4, -0.2) is 15.0 Å². The lowest BCUT2D eigenvalue weighted by molar-refractivity contribution is 0.668. The minimum absolute atomic E-state index is 0.486. The lowest BCUT2D eigenvalue weighted by Gasteiger charge is -2.34. The van der Waals surface area contributed by atoms with Gasteiger partial charge in [0.05, 0.1) is 5.41 Å². The number of furan rings is 2. The molecule has 350 valence electrons. The second-order valence-electron chi connectivity index (χ2n) is 19.4. The van der Waals surface area contributed by atoms with Crippen LogP contribution in [0.15, 0.2) is 270 Å². The Morgan fingerprint density at radius 1 is 0.267 bits per heavy atom. The molecule has 0 atom stereocenters.